The van der Waals surface area contributed by atoms with Crippen LogP contribution in [0.1, 0.15) is 0 Å². The first kappa shape index (κ1) is 11.8. The molecule has 0 fully saturated rings. The van der Waals surface area contributed by atoms with E-state index < -0.39 is 0 Å². The molecule has 0 N–H and O–H groups in total. The molecule has 0 spiro atoms. The van der Waals surface area contributed by atoms with E-state index in [1.54, 1.807) is 6.20 Å². The fourth-order valence-corrected chi connectivity index (χ4v) is 2.59. The van der Waals surface area contributed by atoms with Crippen LogP contribution in [0.5, 0.6) is 0 Å². The maximum absolute atomic E-state index is 5.72. The quantitative estimate of drug-likeness (QED) is 0.378. The van der Waals surface area contributed by atoms with Crippen molar-refractivity contribution in [1.82, 2.24) is 19.5 Å². The van der Waals surface area contributed by atoms with E-state index in [0.29, 0.717) is 11.6 Å². The van der Waals surface area contributed by atoms with Crippen molar-refractivity contribution in [1.29, 1.82) is 0 Å². The van der Waals surface area contributed by atoms with E-state index in [-0.39, 0.29) is 0 Å². The second-order valence-corrected chi connectivity index (χ2v) is 5.65. The number of halogens is 1. The monoisotopic (exact) mass is 376 g/mol. The molecule has 0 amide bonds. The summed E-state index contributed by atoms with van der Waals surface area (Å²) < 4.78 is 8.58. The Hall–Kier alpha value is -1.96. The van der Waals surface area contributed by atoms with Crippen LogP contribution in [-0.4, -0.2) is 19.5 Å². The highest BCUT2D eigenvalue weighted by Crippen LogP contribution is 2.25. The first-order valence-electron chi connectivity index (χ1n) is 6.05. The number of hydrogen-bond donors (Lipinski definition) is 0. The fourth-order valence-electron chi connectivity index (χ4n) is 2.19. The van der Waals surface area contributed by atoms with Crippen molar-refractivity contribution in [3.63, 3.8) is 0 Å². The third kappa shape index (κ3) is 1.79. The number of aryl methyl sites for hydroxylation is 1. The Morgan fingerprint density at radius 2 is 2.10 bits per heavy atom. The Kier molecular flexibility index (Phi) is 2.53. The smallest absolute Gasteiger partial charge is 0.248 e. The Bertz CT molecular complexity index is 941. The molecule has 0 radical (unpaired) electrons. The lowest BCUT2D eigenvalue weighted by molar-refractivity contribution is 0.607. The predicted molar refractivity (Wildman–Crippen MR) is 84.2 cm³/mol. The zero-order valence-electron chi connectivity index (χ0n) is 10.5. The van der Waals surface area contributed by atoms with E-state index in [4.69, 9.17) is 4.42 Å². The lowest BCUT2D eigenvalue weighted by atomic mass is 10.2. The van der Waals surface area contributed by atoms with Crippen molar-refractivity contribution in [2.75, 3.05) is 0 Å². The Balaban J connectivity index is 1.91. The molecule has 98 valence electrons. The van der Waals surface area contributed by atoms with Crippen molar-refractivity contribution in [3.05, 3.63) is 40.4 Å². The van der Waals surface area contributed by atoms with E-state index in [9.17, 15) is 0 Å². The highest BCUT2D eigenvalue weighted by atomic mass is 127. The summed E-state index contributed by atoms with van der Waals surface area (Å²) in [7, 11) is 1.97. The van der Waals surface area contributed by atoms with Crippen LogP contribution in [0.4, 0.5) is 0 Å². The van der Waals surface area contributed by atoms with Gasteiger partial charge in [-0.1, -0.05) is 0 Å². The third-order valence-corrected chi connectivity index (χ3v) is 3.78. The average Bonchev–Trinajstić information content (AvgIpc) is 3.02. The van der Waals surface area contributed by atoms with Gasteiger partial charge in [-0.15, -0.1) is 0 Å². The summed E-state index contributed by atoms with van der Waals surface area (Å²) in [4.78, 5) is 13.2. The van der Waals surface area contributed by atoms with E-state index in [2.05, 4.69) is 37.5 Å². The number of rotatable bonds is 1. The first-order valence-corrected chi connectivity index (χ1v) is 7.13. The van der Waals surface area contributed by atoms with Crippen LogP contribution in [0, 0.1) is 3.70 Å². The summed E-state index contributed by atoms with van der Waals surface area (Å²) in [6, 6.07) is 7.87. The van der Waals surface area contributed by atoms with Crippen LogP contribution in [0.2, 0.25) is 0 Å². The van der Waals surface area contributed by atoms with E-state index in [1.807, 2.05) is 42.1 Å². The summed E-state index contributed by atoms with van der Waals surface area (Å²) >= 11 is 2.15. The summed E-state index contributed by atoms with van der Waals surface area (Å²) in [5.41, 5.74) is 3.11. The van der Waals surface area contributed by atoms with Crippen LogP contribution in [-0.2, 0) is 7.05 Å². The predicted octanol–water partition coefficient (Wildman–Crippen LogP) is 3.38. The number of pyridine rings is 2. The number of oxazole rings is 1. The Labute approximate surface area is 127 Å². The van der Waals surface area contributed by atoms with Gasteiger partial charge >= 0.3 is 0 Å². The van der Waals surface area contributed by atoms with E-state index >= 15 is 0 Å². The number of aromatic nitrogens is 4. The van der Waals surface area contributed by atoms with Gasteiger partial charge in [0.25, 0.3) is 0 Å². The van der Waals surface area contributed by atoms with Crippen molar-refractivity contribution < 1.29 is 4.42 Å². The molecule has 6 heteroatoms. The standard InChI is InChI=1S/C14H9IN4O/c1-19-5-4-8-6-9(7-16-12(8)19)13-17-10-2-3-11(15)18-14(10)20-13/h2-7H,1H3. The van der Waals surface area contributed by atoms with Crippen molar-refractivity contribution >= 4 is 44.9 Å². The average molecular weight is 376 g/mol. The zero-order valence-corrected chi connectivity index (χ0v) is 12.7. The number of fused-ring (bicyclic) bond motifs is 2. The minimum Gasteiger partial charge on any atom is -0.418 e. The fraction of sp³-hybridized carbons (Fsp3) is 0.0714. The topological polar surface area (TPSA) is 56.7 Å². The highest BCUT2D eigenvalue weighted by Gasteiger charge is 2.11. The molecule has 0 atom stereocenters. The lowest BCUT2D eigenvalue weighted by Gasteiger charge is -1.97. The normalized spacial score (nSPS) is 11.5. The molecule has 20 heavy (non-hydrogen) atoms. The number of hydrogen-bond acceptors (Lipinski definition) is 4. The summed E-state index contributed by atoms with van der Waals surface area (Å²) in [5.74, 6) is 0.549. The molecule has 0 bridgehead atoms. The molecule has 4 aromatic rings. The molecule has 4 rings (SSSR count). The van der Waals surface area contributed by atoms with Gasteiger partial charge in [0.15, 0.2) is 0 Å². The molecule has 4 aromatic heterocycles. The number of nitrogens with zero attached hydrogens (tertiary/aromatic N) is 4. The molecule has 4 heterocycles. The summed E-state index contributed by atoms with van der Waals surface area (Å²) in [6.07, 6.45) is 3.76. The van der Waals surface area contributed by atoms with Crippen molar-refractivity contribution in [3.8, 4) is 11.5 Å². The summed E-state index contributed by atoms with van der Waals surface area (Å²) in [6.45, 7) is 0. The molecule has 0 aliphatic rings. The highest BCUT2D eigenvalue weighted by molar-refractivity contribution is 14.1. The maximum Gasteiger partial charge on any atom is 0.248 e. The second-order valence-electron chi connectivity index (χ2n) is 4.54. The van der Waals surface area contributed by atoms with Gasteiger partial charge in [-0.3, -0.25) is 0 Å². The SMILES string of the molecule is Cn1ccc2cc(-c3nc4ccc(I)nc4o3)cnc21. The minimum atomic E-state index is 0.549. The van der Waals surface area contributed by atoms with Crippen molar-refractivity contribution in [2.24, 2.45) is 7.05 Å². The molecule has 0 saturated carbocycles. The van der Waals surface area contributed by atoms with Gasteiger partial charge in [-0.25, -0.2) is 15.0 Å². The molecule has 0 aliphatic heterocycles. The Morgan fingerprint density at radius 3 is 3.00 bits per heavy atom. The van der Waals surface area contributed by atoms with Crippen LogP contribution in [0.15, 0.2) is 41.1 Å². The van der Waals surface area contributed by atoms with Gasteiger partial charge in [-0.05, 0) is 46.9 Å². The van der Waals surface area contributed by atoms with E-state index in [1.165, 1.54) is 0 Å². The summed E-state index contributed by atoms with van der Waals surface area (Å²) in [5, 5.41) is 1.06. The molecule has 0 unspecified atom stereocenters. The lowest BCUT2D eigenvalue weighted by Crippen LogP contribution is -1.88. The molecule has 0 aliphatic carbocycles. The second kappa shape index (κ2) is 4.27. The van der Waals surface area contributed by atoms with Crippen molar-refractivity contribution in [2.45, 2.75) is 0 Å². The van der Waals surface area contributed by atoms with Gasteiger partial charge in [0, 0.05) is 24.8 Å². The zero-order chi connectivity index (χ0) is 13.7. The first-order chi connectivity index (χ1) is 9.70. The Morgan fingerprint density at radius 1 is 1.20 bits per heavy atom. The maximum atomic E-state index is 5.72. The third-order valence-electron chi connectivity index (χ3n) is 3.18. The molecular weight excluding hydrogens is 367 g/mol. The van der Waals surface area contributed by atoms with Crippen LogP contribution < -0.4 is 0 Å². The molecular formula is C14H9IN4O. The van der Waals surface area contributed by atoms with Gasteiger partial charge in [-0.2, -0.15) is 0 Å². The van der Waals surface area contributed by atoms with Crippen LogP contribution in [0.25, 0.3) is 33.7 Å². The van der Waals surface area contributed by atoms with Gasteiger partial charge in [0.05, 0.1) is 5.56 Å². The largest absolute Gasteiger partial charge is 0.418 e. The molecule has 5 nitrogen and oxygen atoms in total. The van der Waals surface area contributed by atoms with Crippen LogP contribution >= 0.6 is 22.6 Å². The van der Waals surface area contributed by atoms with E-state index in [0.717, 1.165) is 25.8 Å². The van der Waals surface area contributed by atoms with Gasteiger partial charge in [0.1, 0.15) is 14.9 Å². The molecule has 0 saturated heterocycles. The molecule has 0 aromatic carbocycles. The van der Waals surface area contributed by atoms with Crippen LogP contribution in [0.3, 0.4) is 0 Å². The van der Waals surface area contributed by atoms with Gasteiger partial charge in [0.2, 0.25) is 11.6 Å². The minimum absolute atomic E-state index is 0.549. The van der Waals surface area contributed by atoms with Gasteiger partial charge < -0.3 is 8.98 Å².